The van der Waals surface area contributed by atoms with Gasteiger partial charge in [0.15, 0.2) is 6.29 Å². The highest BCUT2D eigenvalue weighted by molar-refractivity contribution is 5.34. The summed E-state index contributed by atoms with van der Waals surface area (Å²) in [5.41, 5.74) is 4.03. The van der Waals surface area contributed by atoms with Crippen LogP contribution in [0, 0.1) is 12.8 Å². The second-order valence-corrected chi connectivity index (χ2v) is 6.32. The molecule has 1 heterocycles. The molecular weight excluding hydrogens is 248 g/mol. The smallest absolute Gasteiger partial charge is 0.184 e. The fourth-order valence-electron chi connectivity index (χ4n) is 3.66. The Morgan fingerprint density at radius 3 is 2.35 bits per heavy atom. The maximum atomic E-state index is 5.61. The summed E-state index contributed by atoms with van der Waals surface area (Å²) >= 11 is 0. The Morgan fingerprint density at radius 1 is 1.05 bits per heavy atom. The molecule has 110 valence electrons. The van der Waals surface area contributed by atoms with Crippen LogP contribution < -0.4 is 0 Å². The first-order valence-corrected chi connectivity index (χ1v) is 8.11. The Morgan fingerprint density at radius 2 is 1.75 bits per heavy atom. The molecule has 1 aliphatic heterocycles. The minimum absolute atomic E-state index is 0.139. The minimum atomic E-state index is -0.139. The molecule has 0 aromatic heterocycles. The minimum Gasteiger partial charge on any atom is -0.346 e. The van der Waals surface area contributed by atoms with E-state index < -0.39 is 0 Å². The summed E-state index contributed by atoms with van der Waals surface area (Å²) in [6, 6.07) is 6.87. The van der Waals surface area contributed by atoms with Crippen molar-refractivity contribution in [3.63, 3.8) is 0 Å². The largest absolute Gasteiger partial charge is 0.346 e. The van der Waals surface area contributed by atoms with Gasteiger partial charge in [-0.2, -0.15) is 0 Å². The molecule has 1 saturated heterocycles. The third-order valence-corrected chi connectivity index (χ3v) is 5.07. The number of hydrogen-bond acceptors (Lipinski definition) is 2. The van der Waals surface area contributed by atoms with Crippen molar-refractivity contribution >= 4 is 0 Å². The first kappa shape index (κ1) is 14.1. The maximum Gasteiger partial charge on any atom is 0.184 e. The number of aryl methyl sites for hydroxylation is 1. The van der Waals surface area contributed by atoms with E-state index in [1.54, 1.807) is 0 Å². The van der Waals surface area contributed by atoms with E-state index in [1.165, 1.54) is 48.8 Å². The van der Waals surface area contributed by atoms with Crippen molar-refractivity contribution in [2.45, 2.75) is 58.2 Å². The predicted molar refractivity (Wildman–Crippen MR) is 80.8 cm³/mol. The van der Waals surface area contributed by atoms with Crippen LogP contribution in [0.25, 0.3) is 0 Å². The summed E-state index contributed by atoms with van der Waals surface area (Å²) in [5.74, 6) is 1.72. The monoisotopic (exact) mass is 274 g/mol. The van der Waals surface area contributed by atoms with E-state index in [-0.39, 0.29) is 6.29 Å². The van der Waals surface area contributed by atoms with Crippen LogP contribution in [0.1, 0.15) is 67.9 Å². The van der Waals surface area contributed by atoms with Crippen LogP contribution in [0.15, 0.2) is 18.2 Å². The van der Waals surface area contributed by atoms with Gasteiger partial charge in [0.2, 0.25) is 0 Å². The molecule has 0 spiro atoms. The summed E-state index contributed by atoms with van der Waals surface area (Å²) in [6.45, 7) is 5.94. The van der Waals surface area contributed by atoms with Gasteiger partial charge < -0.3 is 9.47 Å². The molecule has 0 N–H and O–H groups in total. The molecule has 3 rings (SSSR count). The first-order chi connectivity index (χ1) is 9.78. The van der Waals surface area contributed by atoms with Crippen molar-refractivity contribution in [3.8, 4) is 0 Å². The maximum absolute atomic E-state index is 5.61. The fourth-order valence-corrected chi connectivity index (χ4v) is 3.66. The zero-order chi connectivity index (χ0) is 13.9. The van der Waals surface area contributed by atoms with Gasteiger partial charge >= 0.3 is 0 Å². The highest BCUT2D eigenvalue weighted by Crippen LogP contribution is 2.38. The van der Waals surface area contributed by atoms with Gasteiger partial charge in [0.1, 0.15) is 0 Å². The molecule has 0 unspecified atom stereocenters. The molecule has 0 bridgehead atoms. The van der Waals surface area contributed by atoms with E-state index >= 15 is 0 Å². The average Bonchev–Trinajstić information content (AvgIpc) is 3.01. The van der Waals surface area contributed by atoms with Gasteiger partial charge in [-0.25, -0.2) is 0 Å². The molecule has 1 aliphatic carbocycles. The number of hydrogen-bond donors (Lipinski definition) is 0. The molecule has 1 saturated carbocycles. The van der Waals surface area contributed by atoms with Crippen LogP contribution in [0.5, 0.6) is 0 Å². The van der Waals surface area contributed by atoms with Gasteiger partial charge in [-0.05, 0) is 55.6 Å². The Labute approximate surface area is 122 Å². The van der Waals surface area contributed by atoms with E-state index in [4.69, 9.17) is 9.47 Å². The van der Waals surface area contributed by atoms with Crippen LogP contribution in [0.3, 0.4) is 0 Å². The second kappa shape index (κ2) is 6.28. The van der Waals surface area contributed by atoms with Crippen molar-refractivity contribution < 1.29 is 9.47 Å². The Bertz CT molecular complexity index is 441. The van der Waals surface area contributed by atoms with Crippen molar-refractivity contribution in [3.05, 3.63) is 34.9 Å². The highest BCUT2D eigenvalue weighted by Gasteiger charge is 2.24. The molecule has 0 atom stereocenters. The van der Waals surface area contributed by atoms with Crippen LogP contribution in [0.4, 0.5) is 0 Å². The lowest BCUT2D eigenvalue weighted by Crippen LogP contribution is -2.13. The third-order valence-electron chi connectivity index (χ3n) is 5.07. The molecule has 2 nitrogen and oxygen atoms in total. The summed E-state index contributed by atoms with van der Waals surface area (Å²) < 4.78 is 11.2. The van der Waals surface area contributed by atoms with E-state index in [9.17, 15) is 0 Å². The van der Waals surface area contributed by atoms with Gasteiger partial charge in [0.25, 0.3) is 0 Å². The first-order valence-electron chi connectivity index (χ1n) is 8.11. The van der Waals surface area contributed by atoms with Gasteiger partial charge in [0, 0.05) is 5.56 Å². The average molecular weight is 274 g/mol. The topological polar surface area (TPSA) is 18.5 Å². The molecule has 1 aromatic rings. The Kier molecular flexibility index (Phi) is 4.42. The van der Waals surface area contributed by atoms with E-state index in [2.05, 4.69) is 32.0 Å². The van der Waals surface area contributed by atoms with Gasteiger partial charge in [-0.3, -0.25) is 0 Å². The molecule has 20 heavy (non-hydrogen) atoms. The van der Waals surface area contributed by atoms with Gasteiger partial charge in [-0.15, -0.1) is 0 Å². The molecule has 2 aliphatic rings. The number of rotatable bonds is 3. The molecule has 0 amide bonds. The molecule has 0 radical (unpaired) electrons. The highest BCUT2D eigenvalue weighted by atomic mass is 16.7. The Hall–Kier alpha value is -0.860. The van der Waals surface area contributed by atoms with Crippen molar-refractivity contribution in [2.75, 3.05) is 13.2 Å². The lowest BCUT2D eigenvalue weighted by atomic mass is 9.77. The van der Waals surface area contributed by atoms with Gasteiger partial charge in [-0.1, -0.05) is 31.5 Å². The lowest BCUT2D eigenvalue weighted by Gasteiger charge is -2.28. The Balaban J connectivity index is 1.70. The quantitative estimate of drug-likeness (QED) is 0.793. The van der Waals surface area contributed by atoms with Gasteiger partial charge in [0.05, 0.1) is 13.2 Å². The third kappa shape index (κ3) is 2.91. The zero-order valence-corrected chi connectivity index (χ0v) is 12.7. The standard InChI is InChI=1S/C18H26O2/c1-3-14-4-6-15(7-5-14)16-8-9-17(13(2)12-16)18-19-10-11-20-18/h8-9,12,14-15,18H,3-7,10-11H2,1-2H3. The fraction of sp³-hybridized carbons (Fsp3) is 0.667. The predicted octanol–water partition coefficient (Wildman–Crippen LogP) is 4.72. The van der Waals surface area contributed by atoms with E-state index in [1.807, 2.05) is 0 Å². The summed E-state index contributed by atoms with van der Waals surface area (Å²) in [6.07, 6.45) is 6.72. The van der Waals surface area contributed by atoms with Crippen LogP contribution in [-0.2, 0) is 9.47 Å². The van der Waals surface area contributed by atoms with E-state index in [0.717, 1.165) is 11.8 Å². The summed E-state index contributed by atoms with van der Waals surface area (Å²) in [7, 11) is 0. The lowest BCUT2D eigenvalue weighted by molar-refractivity contribution is -0.0445. The normalized spacial score (nSPS) is 27.9. The number of benzene rings is 1. The van der Waals surface area contributed by atoms with Crippen LogP contribution in [0.2, 0.25) is 0 Å². The SMILES string of the molecule is CCC1CCC(c2ccc(C3OCCO3)c(C)c2)CC1. The van der Waals surface area contributed by atoms with E-state index in [0.29, 0.717) is 13.2 Å². The van der Waals surface area contributed by atoms with Crippen molar-refractivity contribution in [2.24, 2.45) is 5.92 Å². The summed E-state index contributed by atoms with van der Waals surface area (Å²) in [4.78, 5) is 0. The second-order valence-electron chi connectivity index (χ2n) is 6.32. The zero-order valence-electron chi connectivity index (χ0n) is 12.7. The summed E-state index contributed by atoms with van der Waals surface area (Å²) in [5, 5.41) is 0. The van der Waals surface area contributed by atoms with Crippen LogP contribution in [-0.4, -0.2) is 13.2 Å². The molecule has 2 heteroatoms. The molecule has 2 fully saturated rings. The van der Waals surface area contributed by atoms with Crippen molar-refractivity contribution in [1.29, 1.82) is 0 Å². The van der Waals surface area contributed by atoms with Crippen molar-refractivity contribution in [1.82, 2.24) is 0 Å². The van der Waals surface area contributed by atoms with Crippen LogP contribution >= 0.6 is 0 Å². The molecular formula is C18H26O2. The number of ether oxygens (including phenoxy) is 2. The molecule has 1 aromatic carbocycles.